The molecule has 0 aliphatic heterocycles. The molecule has 0 aliphatic rings. The van der Waals surface area contributed by atoms with Crippen molar-refractivity contribution < 1.29 is 8.42 Å². The molecule has 0 radical (unpaired) electrons. The van der Waals surface area contributed by atoms with Gasteiger partial charge in [-0.2, -0.15) is 0 Å². The molecular formula is C13H20ClNO2S. The molecule has 0 spiro atoms. The van der Waals surface area contributed by atoms with Crippen molar-refractivity contribution in [2.24, 2.45) is 0 Å². The zero-order chi connectivity index (χ0) is 14.0. The fraction of sp³-hybridized carbons (Fsp3) is 0.615. The summed E-state index contributed by atoms with van der Waals surface area (Å²) in [6.45, 7) is 7.86. The Balaban J connectivity index is 3.05. The molecule has 0 N–H and O–H groups in total. The van der Waals surface area contributed by atoms with Gasteiger partial charge in [0.1, 0.15) is 0 Å². The van der Waals surface area contributed by atoms with Crippen LogP contribution in [0.15, 0.2) is 23.4 Å². The van der Waals surface area contributed by atoms with Crippen molar-refractivity contribution in [3.8, 4) is 0 Å². The van der Waals surface area contributed by atoms with E-state index in [0.29, 0.717) is 12.3 Å². The Labute approximate surface area is 114 Å². The van der Waals surface area contributed by atoms with Gasteiger partial charge in [-0.3, -0.25) is 0 Å². The van der Waals surface area contributed by atoms with Gasteiger partial charge in [0.05, 0.1) is 5.25 Å². The van der Waals surface area contributed by atoms with Crippen molar-refractivity contribution >= 4 is 21.4 Å². The number of halogens is 1. The molecule has 1 rings (SSSR count). The third-order valence-electron chi connectivity index (χ3n) is 2.94. The maximum absolute atomic E-state index is 12.2. The number of nitrogens with zero attached hydrogens (tertiary/aromatic N) is 1. The van der Waals surface area contributed by atoms with E-state index in [4.69, 9.17) is 11.6 Å². The Kier molecular flexibility index (Phi) is 4.78. The highest BCUT2D eigenvalue weighted by Crippen LogP contribution is 2.23. The van der Waals surface area contributed by atoms with Crippen molar-refractivity contribution in [1.82, 2.24) is 4.98 Å². The zero-order valence-electron chi connectivity index (χ0n) is 11.3. The number of sulfone groups is 1. The van der Waals surface area contributed by atoms with E-state index in [2.05, 4.69) is 25.8 Å². The van der Waals surface area contributed by atoms with Crippen LogP contribution in [-0.4, -0.2) is 24.5 Å². The van der Waals surface area contributed by atoms with Crippen LogP contribution in [0.5, 0.6) is 0 Å². The Morgan fingerprint density at radius 2 is 1.94 bits per heavy atom. The molecule has 0 fully saturated rings. The number of alkyl halides is 1. The Morgan fingerprint density at radius 3 is 2.33 bits per heavy atom. The molecule has 0 aromatic carbocycles. The van der Waals surface area contributed by atoms with Gasteiger partial charge in [-0.25, -0.2) is 13.4 Å². The minimum Gasteiger partial charge on any atom is -0.244 e. The molecule has 102 valence electrons. The normalized spacial score (nSPS) is 14.5. The maximum Gasteiger partial charge on any atom is 0.198 e. The predicted molar refractivity (Wildman–Crippen MR) is 74.9 cm³/mol. The monoisotopic (exact) mass is 289 g/mol. The first kappa shape index (κ1) is 15.4. The van der Waals surface area contributed by atoms with Crippen LogP contribution < -0.4 is 0 Å². The quantitative estimate of drug-likeness (QED) is 0.800. The maximum atomic E-state index is 12.2. The lowest BCUT2D eigenvalue weighted by Gasteiger charge is -2.19. The van der Waals surface area contributed by atoms with E-state index >= 15 is 0 Å². The average molecular weight is 290 g/mol. The standard InChI is InChI=1S/C13H20ClNO2S/c1-10(7-8-14)18(16,17)12-6-5-11(9-15-12)13(2,3)4/h5-6,9-10H,7-8H2,1-4H3. The van der Waals surface area contributed by atoms with E-state index < -0.39 is 15.1 Å². The molecule has 0 saturated heterocycles. The number of hydrogen-bond donors (Lipinski definition) is 0. The summed E-state index contributed by atoms with van der Waals surface area (Å²) in [7, 11) is -3.36. The molecule has 0 amide bonds. The van der Waals surface area contributed by atoms with Crippen LogP contribution in [-0.2, 0) is 15.3 Å². The number of pyridine rings is 1. The molecule has 1 aromatic heterocycles. The summed E-state index contributed by atoms with van der Waals surface area (Å²) in [6.07, 6.45) is 2.08. The zero-order valence-corrected chi connectivity index (χ0v) is 12.8. The predicted octanol–water partition coefficient (Wildman–Crippen LogP) is 3.17. The second-order valence-electron chi connectivity index (χ2n) is 5.47. The van der Waals surface area contributed by atoms with Gasteiger partial charge in [-0.1, -0.05) is 26.8 Å². The van der Waals surface area contributed by atoms with Crippen molar-refractivity contribution in [3.05, 3.63) is 23.9 Å². The van der Waals surface area contributed by atoms with Crippen LogP contribution in [0.4, 0.5) is 0 Å². The van der Waals surface area contributed by atoms with Crippen LogP contribution >= 0.6 is 11.6 Å². The molecule has 0 saturated carbocycles. The van der Waals surface area contributed by atoms with Crippen LogP contribution in [0.25, 0.3) is 0 Å². The lowest BCUT2D eigenvalue weighted by Crippen LogP contribution is -2.20. The van der Waals surface area contributed by atoms with Gasteiger partial charge < -0.3 is 0 Å². The molecular weight excluding hydrogens is 270 g/mol. The van der Waals surface area contributed by atoms with Gasteiger partial charge in [0.2, 0.25) is 0 Å². The Hall–Kier alpha value is -0.610. The fourth-order valence-corrected chi connectivity index (χ4v) is 3.26. The molecule has 0 aliphatic carbocycles. The van der Waals surface area contributed by atoms with E-state index in [0.717, 1.165) is 5.56 Å². The van der Waals surface area contributed by atoms with Crippen molar-refractivity contribution in [3.63, 3.8) is 0 Å². The van der Waals surface area contributed by atoms with Gasteiger partial charge >= 0.3 is 0 Å². The third-order valence-corrected chi connectivity index (χ3v) is 5.28. The van der Waals surface area contributed by atoms with Gasteiger partial charge in [0.25, 0.3) is 0 Å². The summed E-state index contributed by atoms with van der Waals surface area (Å²) >= 11 is 5.59. The van der Waals surface area contributed by atoms with Crippen LogP contribution in [0.2, 0.25) is 0 Å². The molecule has 3 nitrogen and oxygen atoms in total. The highest BCUT2D eigenvalue weighted by Gasteiger charge is 2.24. The summed E-state index contributed by atoms with van der Waals surface area (Å²) in [5.74, 6) is 0.334. The van der Waals surface area contributed by atoms with Crippen LogP contribution in [0.3, 0.4) is 0 Å². The van der Waals surface area contributed by atoms with Gasteiger partial charge in [-0.15, -0.1) is 11.6 Å². The van der Waals surface area contributed by atoms with E-state index in [1.807, 2.05) is 6.07 Å². The van der Waals surface area contributed by atoms with E-state index in [-0.39, 0.29) is 10.4 Å². The van der Waals surface area contributed by atoms with Gasteiger partial charge in [0, 0.05) is 12.1 Å². The van der Waals surface area contributed by atoms with Gasteiger partial charge in [-0.05, 0) is 30.4 Å². The molecule has 1 unspecified atom stereocenters. The molecule has 0 bridgehead atoms. The number of aromatic nitrogens is 1. The third kappa shape index (κ3) is 3.45. The van der Waals surface area contributed by atoms with Crippen molar-refractivity contribution in [2.45, 2.75) is 49.8 Å². The highest BCUT2D eigenvalue weighted by molar-refractivity contribution is 7.92. The van der Waals surface area contributed by atoms with Crippen molar-refractivity contribution in [1.29, 1.82) is 0 Å². The Morgan fingerprint density at radius 1 is 1.33 bits per heavy atom. The second kappa shape index (κ2) is 5.57. The SMILES string of the molecule is CC(CCCl)S(=O)(=O)c1ccc(C(C)(C)C)cn1. The molecule has 18 heavy (non-hydrogen) atoms. The minimum atomic E-state index is -3.36. The summed E-state index contributed by atoms with van der Waals surface area (Å²) in [5, 5.41) is -0.365. The Bertz CT molecular complexity index is 489. The van der Waals surface area contributed by atoms with Gasteiger partial charge in [0.15, 0.2) is 14.9 Å². The average Bonchev–Trinajstić information content (AvgIpc) is 2.28. The molecule has 5 heteroatoms. The first-order valence-electron chi connectivity index (χ1n) is 5.96. The number of rotatable bonds is 4. The van der Waals surface area contributed by atoms with E-state index in [1.165, 1.54) is 0 Å². The molecule has 1 heterocycles. The van der Waals surface area contributed by atoms with Crippen LogP contribution in [0, 0.1) is 0 Å². The summed E-state index contributed by atoms with van der Waals surface area (Å²) < 4.78 is 24.3. The number of hydrogen-bond acceptors (Lipinski definition) is 3. The lowest BCUT2D eigenvalue weighted by molar-refractivity contribution is 0.571. The van der Waals surface area contributed by atoms with Crippen molar-refractivity contribution in [2.75, 3.05) is 5.88 Å². The van der Waals surface area contributed by atoms with Crippen LogP contribution in [0.1, 0.15) is 39.7 Å². The minimum absolute atomic E-state index is 0.0307. The largest absolute Gasteiger partial charge is 0.244 e. The lowest BCUT2D eigenvalue weighted by atomic mass is 9.88. The second-order valence-corrected chi connectivity index (χ2v) is 8.16. The van der Waals surface area contributed by atoms with E-state index in [9.17, 15) is 8.42 Å². The highest BCUT2D eigenvalue weighted by atomic mass is 35.5. The fourth-order valence-electron chi connectivity index (χ4n) is 1.51. The molecule has 1 atom stereocenters. The summed E-state index contributed by atoms with van der Waals surface area (Å²) in [4.78, 5) is 4.09. The summed E-state index contributed by atoms with van der Waals surface area (Å²) in [6, 6.07) is 3.41. The summed E-state index contributed by atoms with van der Waals surface area (Å²) in [5.41, 5.74) is 0.989. The van der Waals surface area contributed by atoms with E-state index in [1.54, 1.807) is 19.2 Å². The smallest absolute Gasteiger partial charge is 0.198 e. The topological polar surface area (TPSA) is 47.0 Å². The first-order chi connectivity index (χ1) is 8.19. The first-order valence-corrected chi connectivity index (χ1v) is 8.04. The molecule has 1 aromatic rings.